The summed E-state index contributed by atoms with van der Waals surface area (Å²) in [5.41, 5.74) is 21.4. The number of amides is 4. The van der Waals surface area contributed by atoms with Gasteiger partial charge in [0.1, 0.15) is 23.0 Å². The van der Waals surface area contributed by atoms with E-state index >= 15 is 0 Å². The lowest BCUT2D eigenvalue weighted by Gasteiger charge is -2.41. The smallest absolute Gasteiger partial charge is 0.265 e. The lowest BCUT2D eigenvalue weighted by molar-refractivity contribution is 0.0748. The number of hydrogen-bond acceptors (Lipinski definition) is 19. The van der Waals surface area contributed by atoms with E-state index in [1.165, 1.54) is 150 Å². The molecule has 4 amide bonds. The van der Waals surface area contributed by atoms with Crippen LogP contribution in [0.5, 0.6) is 23.0 Å². The van der Waals surface area contributed by atoms with Crippen molar-refractivity contribution in [3.05, 3.63) is 312 Å². The first kappa shape index (κ1) is 106. The number of nitrogens with one attached hydrogen (secondary N) is 4. The van der Waals surface area contributed by atoms with E-state index in [4.69, 9.17) is 9.47 Å². The van der Waals surface area contributed by atoms with Crippen LogP contribution in [0, 0.1) is 0 Å². The van der Waals surface area contributed by atoms with E-state index in [-0.39, 0.29) is 53.5 Å². The van der Waals surface area contributed by atoms with Gasteiger partial charge in [-0.2, -0.15) is 0 Å². The Morgan fingerprint density at radius 3 is 0.821 bits per heavy atom. The minimum atomic E-state index is -0.0454. The van der Waals surface area contributed by atoms with Crippen LogP contribution in [0.25, 0.3) is 0 Å². The van der Waals surface area contributed by atoms with Crippen molar-refractivity contribution in [2.24, 2.45) is 0 Å². The van der Waals surface area contributed by atoms with Gasteiger partial charge in [-0.15, -0.1) is 26.3 Å². The van der Waals surface area contributed by atoms with Gasteiger partial charge in [-0.1, -0.05) is 179 Å². The van der Waals surface area contributed by atoms with Gasteiger partial charge >= 0.3 is 0 Å². The topological polar surface area (TPSA) is 211 Å². The number of piperidine rings is 5. The van der Waals surface area contributed by atoms with Gasteiger partial charge in [0, 0.05) is 194 Å². The van der Waals surface area contributed by atoms with E-state index in [1.807, 2.05) is 107 Å². The number of carbonyl (C=O) groups is 4. The van der Waals surface area contributed by atoms with Gasteiger partial charge in [-0.25, -0.2) is 15.0 Å². The number of phenols is 2. The molecule has 774 valence electrons. The number of methoxy groups -OCH3 is 2. The monoisotopic (exact) mass is 1970 g/mol. The summed E-state index contributed by atoms with van der Waals surface area (Å²) < 4.78 is 11.2. The molecule has 12 aliphatic rings. The molecule has 12 unspecified atom stereocenters. The second kappa shape index (κ2) is 52.8. The number of benzene rings is 8. The minimum absolute atomic E-state index is 0.0185. The Labute approximate surface area is 864 Å². The van der Waals surface area contributed by atoms with Gasteiger partial charge in [0.2, 0.25) is 0 Å². The molecular weight excluding hydrogens is 1800 g/mol. The summed E-state index contributed by atoms with van der Waals surface area (Å²) in [6.45, 7) is 33.7. The molecule has 1 aliphatic carbocycles. The first-order valence-corrected chi connectivity index (χ1v) is 55.2. The number of hydrazine groups is 3. The highest BCUT2D eigenvalue weighted by molar-refractivity contribution is 5.96. The Bertz CT molecular complexity index is 5480. The standard InChI is InChI=1S/C32H43N3O2.C31H42N4O2.C30H40N4O2.C29H38N4O2/c1-2-20-35-28-12-8-13-29(35)23-34(21-19-28)31(26-9-7-14-30(36)22-26)24-15-17-25(18-16-24)32(37)33-27-10-5-3-4-6-11-27;1-3-18-35-27-10-8-11-28(35)23-33(21-17-27)30(26-9-7-12-29(22-26)37-2)24-13-15-25(16-14-24)31(36)32-34-19-5-4-6-20-34;1-3-17-34-26-9-7-10-27(34)22-32(20-16-26)29(25-8-6-11-28(21-25)36-2)23-12-14-24(15-13-23)30(35)31-33-18-4-5-19-33;1-2-16-33-25-8-6-9-26(33)21-31(19-15-25)28(24-7-5-10-27(34)20-24)22-11-13-23(14-12-22)29(35)30-32-17-3-4-18-32/h2,7,9,14-18,22,27-29,31,36H,1,3-6,8,10-13,19-21,23H2,(H,33,37);3,7,9,12-16,22,27-28,30H,1,4-6,8,10-11,17-21,23H2,2H3,(H,32,36);3,6,8,11-15,21,26-27,29H,1,4-5,7,9-10,16-20,22H2,2H3,(H,31,35);2,5,7,10-14,20,25-26,28,34H,1,3-4,6,8-9,15-19,21H2,(H,30,35). The second-order valence-corrected chi connectivity index (χ2v) is 42.8. The highest BCUT2D eigenvalue weighted by Gasteiger charge is 2.43. The molecule has 12 atom stereocenters. The summed E-state index contributed by atoms with van der Waals surface area (Å²) in [5.74, 6) is 2.29. The molecule has 8 bridgehead atoms. The first-order valence-electron chi connectivity index (χ1n) is 55.2. The predicted molar refractivity (Wildman–Crippen MR) is 582 cm³/mol. The molecule has 23 nitrogen and oxygen atoms in total. The number of rotatable bonds is 30. The highest BCUT2D eigenvalue weighted by atomic mass is 16.5. The van der Waals surface area contributed by atoms with Gasteiger partial charge in [-0.3, -0.25) is 74.7 Å². The average molecular weight is 1970 g/mol. The fraction of sp³-hybridized carbons (Fsp3) is 0.508. The number of carbonyl (C=O) groups excluding carboxylic acids is 4. The van der Waals surface area contributed by atoms with E-state index in [0.29, 0.717) is 76.8 Å². The van der Waals surface area contributed by atoms with Crippen LogP contribution in [0.2, 0.25) is 0 Å². The summed E-state index contributed by atoms with van der Waals surface area (Å²) in [7, 11) is 3.45. The molecule has 11 heterocycles. The Morgan fingerprint density at radius 1 is 0.290 bits per heavy atom. The van der Waals surface area contributed by atoms with Crippen LogP contribution >= 0.6 is 0 Å². The maximum atomic E-state index is 13.0. The van der Waals surface area contributed by atoms with E-state index in [2.05, 4.69) is 201 Å². The highest BCUT2D eigenvalue weighted by Crippen LogP contribution is 2.44. The van der Waals surface area contributed by atoms with Gasteiger partial charge in [-0.05, 0) is 270 Å². The predicted octanol–water partition coefficient (Wildman–Crippen LogP) is 20.1. The number of aromatic hydroxyl groups is 2. The number of phenolic OH excluding ortho intramolecular Hbond substituents is 2. The largest absolute Gasteiger partial charge is 0.508 e. The van der Waals surface area contributed by atoms with Crippen molar-refractivity contribution in [1.29, 1.82) is 0 Å². The summed E-state index contributed by atoms with van der Waals surface area (Å²) in [5, 5.41) is 30.0. The molecule has 0 spiro atoms. The first-order chi connectivity index (χ1) is 71.1. The molecule has 6 N–H and O–H groups in total. The molecule has 0 aromatic heterocycles. The normalized spacial score (nSPS) is 24.3. The summed E-state index contributed by atoms with van der Waals surface area (Å²) in [4.78, 5) is 72.7. The molecule has 8 aromatic carbocycles. The Kier molecular flexibility index (Phi) is 38.5. The molecule has 145 heavy (non-hydrogen) atoms. The molecular formula is C122H163N15O8. The van der Waals surface area contributed by atoms with Gasteiger partial charge < -0.3 is 25.0 Å². The molecule has 12 fully saturated rings. The maximum absolute atomic E-state index is 13.0. The Balaban J connectivity index is 0.000000132. The van der Waals surface area contributed by atoms with Gasteiger partial charge in [0.25, 0.3) is 23.6 Å². The average Bonchev–Trinajstić information content (AvgIpc) is 1.74. The minimum Gasteiger partial charge on any atom is -0.508 e. The number of ether oxygens (including phenoxy) is 2. The van der Waals surface area contributed by atoms with E-state index in [1.54, 1.807) is 26.4 Å². The quantitative estimate of drug-likeness (QED) is 0.0183. The van der Waals surface area contributed by atoms with Crippen molar-refractivity contribution < 1.29 is 38.9 Å². The zero-order valence-corrected chi connectivity index (χ0v) is 86.6. The fourth-order valence-electron chi connectivity index (χ4n) is 26.1. The van der Waals surface area contributed by atoms with Crippen molar-refractivity contribution >= 4 is 23.6 Å². The van der Waals surface area contributed by atoms with E-state index in [0.717, 1.165) is 216 Å². The third-order valence-electron chi connectivity index (χ3n) is 33.3. The molecule has 8 aromatic rings. The fourth-order valence-corrected chi connectivity index (χ4v) is 26.1. The summed E-state index contributed by atoms with van der Waals surface area (Å²) in [6, 6.07) is 70.3. The molecule has 20 rings (SSSR count). The SMILES string of the molecule is C=CCN1C2CCCC1CN(C(c1ccc(C(=O)NC3CCCCCC3)cc1)c1cccc(O)c1)CC2.C=CCN1C2CCCC1CN(C(c1ccc(C(=O)NN3CCCC3)cc1)c1cccc(O)c1)CC2.C=CCN1C2CCCC1CN(C(c1ccc(C(=O)NN3CCCC3)cc1)c1cccc(OC)c1)CC2.C=CCN1C2CCCC1CN(C(c1ccc(C(=O)NN3CCCCC3)cc1)c1cccc(OC)c1)CC2. The van der Waals surface area contributed by atoms with Crippen molar-refractivity contribution in [2.45, 2.75) is 265 Å². The number of hydrogen-bond donors (Lipinski definition) is 6. The Morgan fingerprint density at radius 2 is 0.545 bits per heavy atom. The Hall–Kier alpha value is -10.6. The van der Waals surface area contributed by atoms with Crippen molar-refractivity contribution in [3.8, 4) is 23.0 Å². The zero-order valence-electron chi connectivity index (χ0n) is 86.6. The van der Waals surface area contributed by atoms with Gasteiger partial charge in [0.15, 0.2) is 0 Å². The van der Waals surface area contributed by atoms with Crippen LogP contribution < -0.4 is 31.1 Å². The van der Waals surface area contributed by atoms with Crippen molar-refractivity contribution in [2.75, 3.05) is 132 Å². The van der Waals surface area contributed by atoms with Crippen molar-refractivity contribution in [1.82, 2.24) is 75.8 Å². The summed E-state index contributed by atoms with van der Waals surface area (Å²) in [6.07, 6.45) is 43.2. The van der Waals surface area contributed by atoms with Crippen LogP contribution in [0.3, 0.4) is 0 Å². The van der Waals surface area contributed by atoms with Crippen LogP contribution in [0.4, 0.5) is 0 Å². The molecule has 0 radical (unpaired) electrons. The van der Waals surface area contributed by atoms with Gasteiger partial charge in [0.05, 0.1) is 38.4 Å². The molecule has 11 saturated heterocycles. The van der Waals surface area contributed by atoms with E-state index in [9.17, 15) is 29.4 Å². The maximum Gasteiger partial charge on any atom is 0.265 e. The van der Waals surface area contributed by atoms with Crippen LogP contribution in [-0.4, -0.2) is 274 Å². The molecule has 11 aliphatic heterocycles. The summed E-state index contributed by atoms with van der Waals surface area (Å²) >= 11 is 0. The number of fused-ring (bicyclic) bond motifs is 8. The lowest BCUT2D eigenvalue weighted by Crippen LogP contribution is -2.48. The van der Waals surface area contributed by atoms with Crippen LogP contribution in [0.1, 0.15) is 296 Å². The zero-order chi connectivity index (χ0) is 100. The third-order valence-corrected chi connectivity index (χ3v) is 33.3. The van der Waals surface area contributed by atoms with Crippen LogP contribution in [0.15, 0.2) is 245 Å². The molecule has 23 heteroatoms. The van der Waals surface area contributed by atoms with Crippen LogP contribution in [-0.2, 0) is 0 Å². The van der Waals surface area contributed by atoms with E-state index < -0.39 is 0 Å². The lowest BCUT2D eigenvalue weighted by atomic mass is 9.94. The third kappa shape index (κ3) is 27.7. The number of nitrogens with zero attached hydrogens (tertiary/aromatic N) is 11. The van der Waals surface area contributed by atoms with Crippen molar-refractivity contribution in [3.63, 3.8) is 0 Å². The molecule has 1 saturated carbocycles. The second-order valence-electron chi connectivity index (χ2n) is 42.8.